The molecule has 2 N–H and O–H groups in total. The monoisotopic (exact) mass is 369 g/mol. The van der Waals surface area contributed by atoms with E-state index in [-0.39, 0.29) is 17.8 Å². The Kier molecular flexibility index (Phi) is 4.34. The summed E-state index contributed by atoms with van der Waals surface area (Å²) in [6.45, 7) is 1.83. The number of hydrogen-bond acceptors (Lipinski definition) is 5. The lowest BCUT2D eigenvalue weighted by Crippen LogP contribution is -2.41. The lowest BCUT2D eigenvalue weighted by Gasteiger charge is -2.32. The van der Waals surface area contributed by atoms with Crippen LogP contribution in [0.2, 0.25) is 0 Å². The van der Waals surface area contributed by atoms with Gasteiger partial charge in [0.05, 0.1) is 6.04 Å². The van der Waals surface area contributed by atoms with E-state index in [0.717, 1.165) is 11.3 Å². The number of thioether (sulfide) groups is 1. The maximum absolute atomic E-state index is 13.3. The van der Waals surface area contributed by atoms with E-state index >= 15 is 0 Å². The third-order valence-corrected chi connectivity index (χ3v) is 5.34. The number of nitrogens with zero attached hydrogens (tertiary/aromatic N) is 3. The van der Waals surface area contributed by atoms with Gasteiger partial charge in [-0.1, -0.05) is 42.1 Å². The van der Waals surface area contributed by atoms with Crippen LogP contribution in [0.25, 0.3) is 0 Å². The molecule has 0 bridgehead atoms. The number of fused-ring (bicyclic) bond motifs is 1. The minimum atomic E-state index is -0.489. The van der Waals surface area contributed by atoms with Gasteiger partial charge in [0.15, 0.2) is 0 Å². The van der Waals surface area contributed by atoms with Crippen molar-refractivity contribution in [1.29, 1.82) is 0 Å². The summed E-state index contributed by atoms with van der Waals surface area (Å²) < 4.78 is 15.1. The van der Waals surface area contributed by atoms with Crippen molar-refractivity contribution < 1.29 is 9.18 Å². The van der Waals surface area contributed by atoms with Crippen molar-refractivity contribution in [3.63, 3.8) is 0 Å². The number of amides is 1. The summed E-state index contributed by atoms with van der Waals surface area (Å²) in [4.78, 5) is 12.9. The second kappa shape index (κ2) is 6.80. The molecule has 0 unspecified atom stereocenters. The molecule has 0 radical (unpaired) electrons. The van der Waals surface area contributed by atoms with Crippen LogP contribution in [-0.4, -0.2) is 26.0 Å². The lowest BCUT2D eigenvalue weighted by atomic mass is 10.0. The van der Waals surface area contributed by atoms with Gasteiger partial charge in [0.1, 0.15) is 16.9 Å². The van der Waals surface area contributed by atoms with Crippen molar-refractivity contribution in [2.24, 2.45) is 0 Å². The van der Waals surface area contributed by atoms with E-state index in [0.29, 0.717) is 11.0 Å². The highest BCUT2D eigenvalue weighted by molar-refractivity contribution is 8.00. The van der Waals surface area contributed by atoms with Crippen LogP contribution in [0.15, 0.2) is 59.8 Å². The van der Waals surface area contributed by atoms with Gasteiger partial charge in [0, 0.05) is 5.69 Å². The average molecular weight is 369 g/mol. The maximum Gasteiger partial charge on any atom is 0.240 e. The average Bonchev–Trinajstić information content (AvgIpc) is 3.02. The van der Waals surface area contributed by atoms with Crippen LogP contribution in [0, 0.1) is 12.7 Å². The topological polar surface area (TPSA) is 71.8 Å². The van der Waals surface area contributed by atoms with E-state index in [4.69, 9.17) is 0 Å². The molecule has 2 heterocycles. The van der Waals surface area contributed by atoms with Gasteiger partial charge in [-0.15, -0.1) is 10.2 Å². The summed E-state index contributed by atoms with van der Waals surface area (Å²) in [7, 11) is 0. The zero-order chi connectivity index (χ0) is 18.1. The summed E-state index contributed by atoms with van der Waals surface area (Å²) in [5.74, 6) is 0.222. The highest BCUT2D eigenvalue weighted by Gasteiger charge is 2.37. The number of carbonyl (C=O) groups excluding carboxylic acids is 1. The number of hydrogen-bond donors (Lipinski definition) is 2. The fourth-order valence-electron chi connectivity index (χ4n) is 2.82. The molecule has 0 saturated carbocycles. The van der Waals surface area contributed by atoms with E-state index in [2.05, 4.69) is 20.9 Å². The van der Waals surface area contributed by atoms with Crippen LogP contribution in [-0.2, 0) is 4.79 Å². The largest absolute Gasteiger partial charge is 0.325 e. The fraction of sp³-hybridized carbons (Fsp3) is 0.167. The molecule has 0 spiro atoms. The first-order valence-electron chi connectivity index (χ1n) is 8.08. The highest BCUT2D eigenvalue weighted by Crippen LogP contribution is 2.37. The molecule has 0 fully saturated rings. The zero-order valence-electron chi connectivity index (χ0n) is 13.9. The molecular formula is C18H16FN5OS. The number of aryl methyl sites for hydroxylation is 1. The molecule has 132 valence electrons. The van der Waals surface area contributed by atoms with E-state index in [9.17, 15) is 9.18 Å². The molecule has 2 aromatic carbocycles. The molecule has 6 nitrogen and oxygen atoms in total. The summed E-state index contributed by atoms with van der Waals surface area (Å²) in [6, 6.07) is 15.1. The highest BCUT2D eigenvalue weighted by atomic mass is 32.2. The molecule has 3 aromatic rings. The van der Waals surface area contributed by atoms with Crippen LogP contribution in [0.1, 0.15) is 17.4 Å². The summed E-state index contributed by atoms with van der Waals surface area (Å²) in [6.07, 6.45) is 0. The smallest absolute Gasteiger partial charge is 0.240 e. The van der Waals surface area contributed by atoms with Crippen molar-refractivity contribution >= 4 is 23.4 Å². The molecule has 8 heteroatoms. The molecule has 0 saturated heterocycles. The molecule has 2 atom stereocenters. The third-order valence-electron chi connectivity index (χ3n) is 4.13. The van der Waals surface area contributed by atoms with E-state index < -0.39 is 5.25 Å². The predicted molar refractivity (Wildman–Crippen MR) is 98.0 cm³/mol. The first-order valence-corrected chi connectivity index (χ1v) is 8.96. The summed E-state index contributed by atoms with van der Waals surface area (Å²) in [5, 5.41) is 11.2. The fourth-order valence-corrected chi connectivity index (χ4v) is 3.94. The quantitative estimate of drug-likeness (QED) is 0.742. The molecule has 1 aromatic heterocycles. The van der Waals surface area contributed by atoms with Gasteiger partial charge in [-0.2, -0.15) is 0 Å². The third kappa shape index (κ3) is 3.15. The molecule has 26 heavy (non-hydrogen) atoms. The Balaban J connectivity index is 1.67. The number of halogens is 1. The Morgan fingerprint density at radius 3 is 2.62 bits per heavy atom. The second-order valence-electron chi connectivity index (χ2n) is 5.92. The molecule has 0 aliphatic carbocycles. The van der Waals surface area contributed by atoms with Crippen LogP contribution in [0.5, 0.6) is 0 Å². The molecule has 4 rings (SSSR count). The van der Waals surface area contributed by atoms with Gasteiger partial charge in [-0.25, -0.2) is 9.07 Å². The second-order valence-corrected chi connectivity index (χ2v) is 7.03. The number of benzene rings is 2. The molecule has 1 aliphatic rings. The minimum Gasteiger partial charge on any atom is -0.325 e. The number of anilines is 1. The first kappa shape index (κ1) is 16.6. The SMILES string of the molecule is Cc1nnc2n1N[C@@H](c1ccc(F)cc1)[C@H](C(=O)Nc1ccccc1)S2. The summed E-state index contributed by atoms with van der Waals surface area (Å²) >= 11 is 1.33. The Labute approximate surface area is 153 Å². The van der Waals surface area contributed by atoms with Crippen LogP contribution < -0.4 is 10.7 Å². The standard InChI is InChI=1S/C18H16FN5OS/c1-11-21-22-18-24(11)23-15(12-7-9-13(19)10-8-12)16(26-18)17(25)20-14-5-3-2-4-6-14/h2-10,15-16,23H,1H3,(H,20,25)/t15-,16+/m0/s1. The Bertz CT molecular complexity index is 929. The van der Waals surface area contributed by atoms with Crippen molar-refractivity contribution in [3.8, 4) is 0 Å². The van der Waals surface area contributed by atoms with Crippen LogP contribution >= 0.6 is 11.8 Å². The van der Waals surface area contributed by atoms with Gasteiger partial charge < -0.3 is 10.7 Å². The van der Waals surface area contributed by atoms with Crippen LogP contribution in [0.4, 0.5) is 10.1 Å². The number of rotatable bonds is 3. The molecular weight excluding hydrogens is 353 g/mol. The number of carbonyl (C=O) groups is 1. The predicted octanol–water partition coefficient (Wildman–Crippen LogP) is 3.12. The number of para-hydroxylation sites is 1. The van der Waals surface area contributed by atoms with Gasteiger partial charge in [-0.05, 0) is 36.8 Å². The van der Waals surface area contributed by atoms with Crippen molar-refractivity contribution in [2.75, 3.05) is 10.7 Å². The van der Waals surface area contributed by atoms with Gasteiger partial charge in [0.25, 0.3) is 0 Å². The van der Waals surface area contributed by atoms with Crippen LogP contribution in [0.3, 0.4) is 0 Å². The van der Waals surface area contributed by atoms with Gasteiger partial charge >= 0.3 is 0 Å². The number of nitrogens with one attached hydrogen (secondary N) is 2. The van der Waals surface area contributed by atoms with Crippen molar-refractivity contribution in [2.45, 2.75) is 23.4 Å². The Morgan fingerprint density at radius 2 is 1.88 bits per heavy atom. The first-order chi connectivity index (χ1) is 12.6. The zero-order valence-corrected chi connectivity index (χ0v) is 14.7. The molecule has 1 amide bonds. The van der Waals surface area contributed by atoms with E-state index in [1.807, 2.05) is 37.3 Å². The summed E-state index contributed by atoms with van der Waals surface area (Å²) in [5.41, 5.74) is 4.82. The molecule has 1 aliphatic heterocycles. The Morgan fingerprint density at radius 1 is 1.15 bits per heavy atom. The van der Waals surface area contributed by atoms with Crippen molar-refractivity contribution in [3.05, 3.63) is 71.8 Å². The number of aromatic nitrogens is 3. The van der Waals surface area contributed by atoms with E-state index in [1.165, 1.54) is 23.9 Å². The van der Waals surface area contributed by atoms with Gasteiger partial charge in [-0.3, -0.25) is 4.79 Å². The Hall–Kier alpha value is -2.87. The van der Waals surface area contributed by atoms with Crippen molar-refractivity contribution in [1.82, 2.24) is 14.9 Å². The minimum absolute atomic E-state index is 0.157. The lowest BCUT2D eigenvalue weighted by molar-refractivity contribution is -0.116. The maximum atomic E-state index is 13.3. The normalized spacial score (nSPS) is 18.7. The van der Waals surface area contributed by atoms with Gasteiger partial charge in [0.2, 0.25) is 11.1 Å². The van der Waals surface area contributed by atoms with E-state index in [1.54, 1.807) is 16.8 Å².